The van der Waals surface area contributed by atoms with E-state index in [1.165, 1.54) is 48.2 Å². The van der Waals surface area contributed by atoms with Gasteiger partial charge in [0.05, 0.1) is 6.42 Å². The molecule has 10 atom stereocenters. The highest BCUT2D eigenvalue weighted by Gasteiger charge is 2.41. The molecule has 0 aromatic heterocycles. The molecule has 0 unspecified atom stereocenters. The predicted molar refractivity (Wildman–Crippen MR) is 369 cm³/mol. The molecular weight excluding hydrogens is 1330 g/mol. The zero-order valence-electron chi connectivity index (χ0n) is 56.1. The Kier molecular flexibility index (Phi) is 30.5. The molecule has 2 aliphatic rings. The minimum absolute atomic E-state index is 0.00927. The maximum atomic E-state index is 15.0. The third kappa shape index (κ3) is 25.4. The van der Waals surface area contributed by atoms with E-state index in [1.54, 1.807) is 32.0 Å². The lowest BCUT2D eigenvalue weighted by Gasteiger charge is -2.31. The maximum Gasteiger partial charge on any atom is 0.327 e. The number of likely N-dealkylation sites (tertiary alicyclic amines) is 1. The molecule has 542 valence electrons. The number of rotatable bonds is 24. The molecular formula is C67H87ClN18O15. The van der Waals surface area contributed by atoms with Gasteiger partial charge in [-0.3, -0.25) is 62.5 Å². The van der Waals surface area contributed by atoms with Crippen LogP contribution in [0.2, 0.25) is 5.02 Å². The summed E-state index contributed by atoms with van der Waals surface area (Å²) < 4.78 is 0. The van der Waals surface area contributed by atoms with Crippen molar-refractivity contribution < 1.29 is 72.5 Å². The number of nitrogens with one attached hydrogen (secondary N) is 10. The minimum atomic E-state index is -2.08. The average Bonchev–Trinajstić information content (AvgIpc) is 1.06. The molecule has 4 aromatic carbocycles. The van der Waals surface area contributed by atoms with E-state index in [-0.39, 0.29) is 95.0 Å². The summed E-state index contributed by atoms with van der Waals surface area (Å²) >= 11 is 6.23. The number of phenols is 1. The number of amides is 12. The van der Waals surface area contributed by atoms with Crippen LogP contribution in [0, 0.1) is 5.92 Å². The largest absolute Gasteiger partial charge is 0.508 e. The Labute approximate surface area is 586 Å². The van der Waals surface area contributed by atoms with E-state index in [0.29, 0.717) is 28.1 Å². The monoisotopic (exact) mass is 1420 g/mol. The molecule has 0 saturated carbocycles. The average molecular weight is 1420 g/mol. The fraction of sp³-hybridized carbons (Fsp3) is 0.463. The molecule has 2 aliphatic heterocycles. The number of fused-ring (bicyclic) bond motifs is 1. The number of phenolic OH excluding ortho intramolecular Hbond substituents is 1. The number of nitrogens with zero attached hydrogens (tertiary/aromatic N) is 5. The van der Waals surface area contributed by atoms with Crippen LogP contribution in [0.4, 0.5) is 0 Å². The number of carbonyl (C=O) groups is 13. The summed E-state index contributed by atoms with van der Waals surface area (Å²) in [6, 6.07) is 8.56. The van der Waals surface area contributed by atoms with Crippen molar-refractivity contribution in [2.45, 2.75) is 165 Å². The quantitative estimate of drug-likeness (QED) is 0.0107. The fourth-order valence-corrected chi connectivity index (χ4v) is 11.6. The lowest BCUT2D eigenvalue weighted by Crippen LogP contribution is -2.61. The zero-order valence-corrected chi connectivity index (χ0v) is 56.8. The van der Waals surface area contributed by atoms with Crippen molar-refractivity contribution in [3.8, 4) is 5.75 Å². The van der Waals surface area contributed by atoms with Crippen molar-refractivity contribution in [2.24, 2.45) is 33.2 Å². The van der Waals surface area contributed by atoms with E-state index in [0.717, 1.165) is 10.8 Å². The summed E-state index contributed by atoms with van der Waals surface area (Å²) in [4.78, 5) is 192. The van der Waals surface area contributed by atoms with Gasteiger partial charge in [-0.2, -0.15) is 0 Å². The second kappa shape index (κ2) is 39.0. The van der Waals surface area contributed by atoms with Gasteiger partial charge in [-0.1, -0.05) is 92.2 Å². The number of aliphatic imine (C=N–C) groups is 1. The number of aliphatic carboxylic acids is 1. The van der Waals surface area contributed by atoms with E-state index >= 15 is 0 Å². The van der Waals surface area contributed by atoms with Gasteiger partial charge in [-0.25, -0.2) is 4.79 Å². The molecule has 6 rings (SSSR count). The number of carboxylic acids is 1. The molecule has 2 heterocycles. The van der Waals surface area contributed by atoms with Crippen molar-refractivity contribution in [1.29, 1.82) is 0 Å². The molecule has 33 nitrogen and oxygen atoms in total. The number of aromatic hydroxyl groups is 1. The molecule has 12 amide bonds. The van der Waals surface area contributed by atoms with Crippen LogP contribution in [0.5, 0.6) is 5.75 Å². The normalized spacial score (nSPS) is 20.7. The van der Waals surface area contributed by atoms with Crippen LogP contribution in [-0.4, -0.2) is 185 Å². The van der Waals surface area contributed by atoms with Crippen molar-refractivity contribution in [2.75, 3.05) is 26.2 Å². The second-order valence-electron chi connectivity index (χ2n) is 25.0. The molecule has 101 heavy (non-hydrogen) atoms. The molecule has 34 heteroatoms. The smallest absolute Gasteiger partial charge is 0.327 e. The maximum absolute atomic E-state index is 15.0. The van der Waals surface area contributed by atoms with E-state index in [4.69, 9.17) is 28.8 Å². The first kappa shape index (κ1) is 79.1. The van der Waals surface area contributed by atoms with Crippen LogP contribution in [0.15, 0.2) is 101 Å². The summed E-state index contributed by atoms with van der Waals surface area (Å²) in [5.41, 5.74) is 27.5. The molecule has 2 saturated heterocycles. The van der Waals surface area contributed by atoms with E-state index < -0.39 is 163 Å². The van der Waals surface area contributed by atoms with Crippen LogP contribution in [-0.2, 0) is 81.6 Å². The van der Waals surface area contributed by atoms with Crippen LogP contribution in [0.25, 0.3) is 21.2 Å². The van der Waals surface area contributed by atoms with Crippen LogP contribution in [0.3, 0.4) is 0 Å². The van der Waals surface area contributed by atoms with Gasteiger partial charge in [-0.05, 0) is 120 Å². The van der Waals surface area contributed by atoms with Gasteiger partial charge in [0.25, 0.3) is 0 Å². The van der Waals surface area contributed by atoms with Crippen LogP contribution >= 0.6 is 11.6 Å². The SMILES string of the molecule is CC(=O)N[C@H](Cc1ccc2ccccc2c1)C(=O)N[C@H](Cc1ccc(Cl)cc1)C(=O)N[C@@H]1CC(=O)NCCCC[C@@H](C(=O)N2CCC[C@H]2C(=O)N[C@@H](CN)C(=O)O)NC(=O)[C@H](CC(C)C)NC(=O)[C@@H](CCCN=C(N)N)NC(=O)[C@H](Cc2ccc(O)cc2)NC(=O)[C@H](CC(=O)N=[N+]=[N-])NC1=O. The standard InChI is InChI=1S/C67H87ClN18O15/c1-36(2)28-47-58(92)77-46(65(99)86-27-9-14-54(86)64(98)83-53(35-69)66(100)101)12-6-7-25-73-55(89)33-51(81-61(95)50(30-38-16-21-43(68)22-17-38)79-59(93)48(75-37(3)87)32-40-15-20-41-10-4-5-11-42(41)29-40)62(96)82-52(34-56(90)84-85-72)63(97)80-49(31-39-18-23-44(88)24-19-39)60(94)76-45(57(91)78-47)13-8-26-74-67(70)71/h4-5,10-11,15-24,29,36,45-54,88H,6-9,12-14,25-28,30-35,69H2,1-3H3,(H,73,89)(H,75,87)(H,76,94)(H,77,92)(H,78,91)(H,79,93)(H,80,97)(H,81,95)(H,82,96)(H,83,98)(H,100,101)(H4,70,71,74)/t45-,46+,47+,48-,49+,50-,51-,52+,53+,54+/m1/s1. The van der Waals surface area contributed by atoms with Gasteiger partial charge in [-0.15, -0.1) is 0 Å². The molecule has 4 aromatic rings. The minimum Gasteiger partial charge on any atom is -0.508 e. The van der Waals surface area contributed by atoms with Crippen LogP contribution < -0.4 is 70.4 Å². The first-order chi connectivity index (χ1) is 48.1. The highest BCUT2D eigenvalue weighted by Crippen LogP contribution is 2.23. The fourth-order valence-electron chi connectivity index (χ4n) is 11.5. The number of guanidine groups is 1. The number of nitrogens with two attached hydrogens (primary N) is 3. The number of halogens is 1. The Morgan fingerprint density at radius 2 is 1.32 bits per heavy atom. The Morgan fingerprint density at radius 1 is 0.703 bits per heavy atom. The Balaban J connectivity index is 1.42. The molecule has 0 radical (unpaired) electrons. The Morgan fingerprint density at radius 3 is 1.98 bits per heavy atom. The van der Waals surface area contributed by atoms with E-state index in [2.05, 4.69) is 68.2 Å². The summed E-state index contributed by atoms with van der Waals surface area (Å²) in [7, 11) is 0. The number of hydrogen-bond acceptors (Lipinski definition) is 16. The number of hydrogen-bond donors (Lipinski definition) is 15. The molecule has 2 fully saturated rings. The predicted octanol–water partition coefficient (Wildman–Crippen LogP) is -0.339. The van der Waals surface area contributed by atoms with Gasteiger partial charge >= 0.3 is 5.97 Å². The number of benzene rings is 4. The third-order valence-electron chi connectivity index (χ3n) is 16.6. The van der Waals surface area contributed by atoms with Crippen molar-refractivity contribution in [3.63, 3.8) is 0 Å². The zero-order chi connectivity index (χ0) is 73.9. The topological polar surface area (TPSA) is 525 Å². The third-order valence-corrected chi connectivity index (χ3v) is 16.8. The Hall–Kier alpha value is -10.9. The molecule has 0 aliphatic carbocycles. The van der Waals surface area contributed by atoms with Crippen molar-refractivity contribution in [1.82, 2.24) is 58.1 Å². The summed E-state index contributed by atoms with van der Waals surface area (Å²) in [6.07, 6.45) is -2.68. The summed E-state index contributed by atoms with van der Waals surface area (Å²) in [5.74, 6) is -14.0. The molecule has 18 N–H and O–H groups in total. The number of azide groups is 1. The first-order valence-electron chi connectivity index (χ1n) is 32.9. The lowest BCUT2D eigenvalue weighted by atomic mass is 10.00. The van der Waals surface area contributed by atoms with E-state index in [1.807, 2.05) is 36.4 Å². The highest BCUT2D eigenvalue weighted by atomic mass is 35.5. The highest BCUT2D eigenvalue weighted by molar-refractivity contribution is 6.30. The number of carboxylic acid groups (broad SMARTS) is 1. The lowest BCUT2D eigenvalue weighted by molar-refractivity contribution is -0.145. The van der Waals surface area contributed by atoms with Crippen molar-refractivity contribution >= 4 is 105 Å². The molecule has 0 bridgehead atoms. The second-order valence-corrected chi connectivity index (χ2v) is 25.4. The van der Waals surface area contributed by atoms with Gasteiger partial charge in [0.1, 0.15) is 66.2 Å². The first-order valence-corrected chi connectivity index (χ1v) is 33.3. The summed E-state index contributed by atoms with van der Waals surface area (Å²) in [6.45, 7) is 3.97. The van der Waals surface area contributed by atoms with Gasteiger partial charge in [0.2, 0.25) is 70.9 Å². The number of carbonyl (C=O) groups excluding carboxylic acids is 12. The van der Waals surface area contributed by atoms with Crippen molar-refractivity contribution in [3.05, 3.63) is 123 Å². The van der Waals surface area contributed by atoms with E-state index in [9.17, 15) is 78.1 Å². The van der Waals surface area contributed by atoms with Gasteiger partial charge in [0.15, 0.2) is 5.96 Å². The van der Waals surface area contributed by atoms with Gasteiger partial charge < -0.3 is 85.5 Å². The van der Waals surface area contributed by atoms with Gasteiger partial charge in [0, 0.05) is 68.7 Å². The summed E-state index contributed by atoms with van der Waals surface area (Å²) in [5, 5.41) is 50.7. The Bertz CT molecular complexity index is 3740. The molecule has 0 spiro atoms. The van der Waals surface area contributed by atoms with Crippen LogP contribution in [0.1, 0.15) is 102 Å².